The molecule has 0 fully saturated rings. The molecular weight excluding hydrogens is 187 g/mol. The van der Waals surface area contributed by atoms with Crippen molar-refractivity contribution in [3.8, 4) is 5.75 Å². The molecule has 58 valence electrons. The summed E-state index contributed by atoms with van der Waals surface area (Å²) in [4.78, 5) is 10.5. The second-order valence-electron chi connectivity index (χ2n) is 1.94. The summed E-state index contributed by atoms with van der Waals surface area (Å²) in [6.07, 6.45) is 0. The summed E-state index contributed by atoms with van der Waals surface area (Å²) in [6, 6.07) is 4.11. The summed E-state index contributed by atoms with van der Waals surface area (Å²) in [7, 11) is 0. The first kappa shape index (κ1) is 8.37. The van der Waals surface area contributed by atoms with Crippen molar-refractivity contribution in [2.24, 2.45) is 0 Å². The van der Waals surface area contributed by atoms with Crippen LogP contribution in [0.15, 0.2) is 18.2 Å². The molecule has 1 aromatic rings. The van der Waals surface area contributed by atoms with Crippen LogP contribution in [-0.4, -0.2) is 10.3 Å². The maximum Gasteiger partial charge on any atom is 0.256 e. The van der Waals surface area contributed by atoms with Crippen molar-refractivity contribution >= 4 is 28.4 Å². The lowest BCUT2D eigenvalue weighted by Gasteiger charge is -1.97. The number of rotatable bonds is 1. The average molecular weight is 191 g/mol. The van der Waals surface area contributed by atoms with Gasteiger partial charge < -0.3 is 5.11 Å². The fourth-order valence-corrected chi connectivity index (χ4v) is 0.997. The molecule has 0 saturated carbocycles. The first-order valence-corrected chi connectivity index (χ1v) is 3.55. The predicted molar refractivity (Wildman–Crippen MR) is 43.3 cm³/mol. The number of phenolic OH excluding ortho intramolecular Hbond substituents is 1. The third-order valence-electron chi connectivity index (χ3n) is 1.17. The van der Waals surface area contributed by atoms with Crippen LogP contribution in [0.1, 0.15) is 10.4 Å². The van der Waals surface area contributed by atoms with Gasteiger partial charge in [-0.2, -0.15) is 0 Å². The van der Waals surface area contributed by atoms with E-state index in [2.05, 4.69) is 0 Å². The SMILES string of the molecule is O=C(Cl)c1ccc(Cl)cc1O. The van der Waals surface area contributed by atoms with E-state index < -0.39 is 5.24 Å². The predicted octanol–water partition coefficient (Wildman–Crippen LogP) is 2.42. The monoisotopic (exact) mass is 190 g/mol. The fourth-order valence-electron chi connectivity index (χ4n) is 0.671. The molecule has 0 heterocycles. The molecule has 0 aliphatic rings. The molecule has 11 heavy (non-hydrogen) atoms. The summed E-state index contributed by atoms with van der Waals surface area (Å²) in [5, 5.41) is 8.74. The number of carbonyl (C=O) groups excluding carboxylic acids is 1. The molecule has 0 unspecified atom stereocenters. The minimum absolute atomic E-state index is 0.0658. The van der Waals surface area contributed by atoms with E-state index >= 15 is 0 Å². The Balaban J connectivity index is 3.20. The van der Waals surface area contributed by atoms with E-state index in [-0.39, 0.29) is 11.3 Å². The molecule has 0 spiro atoms. The van der Waals surface area contributed by atoms with E-state index in [1.807, 2.05) is 0 Å². The Bertz CT molecular complexity index is 296. The van der Waals surface area contributed by atoms with Crippen molar-refractivity contribution in [3.63, 3.8) is 0 Å². The van der Waals surface area contributed by atoms with E-state index in [1.54, 1.807) is 0 Å². The van der Waals surface area contributed by atoms with Crippen LogP contribution in [0.4, 0.5) is 0 Å². The fraction of sp³-hybridized carbons (Fsp3) is 0. The standard InChI is InChI=1S/C7H4Cl2O2/c8-4-1-2-5(7(9)11)6(10)3-4/h1-3,10H. The number of carbonyl (C=O) groups is 1. The molecule has 4 heteroatoms. The van der Waals surface area contributed by atoms with Crippen molar-refractivity contribution in [2.75, 3.05) is 0 Å². The first-order valence-electron chi connectivity index (χ1n) is 2.79. The van der Waals surface area contributed by atoms with Gasteiger partial charge in [-0.15, -0.1) is 0 Å². The van der Waals surface area contributed by atoms with Crippen molar-refractivity contribution in [1.29, 1.82) is 0 Å². The second-order valence-corrected chi connectivity index (χ2v) is 2.71. The first-order chi connectivity index (χ1) is 5.11. The zero-order chi connectivity index (χ0) is 8.43. The quantitative estimate of drug-likeness (QED) is 0.692. The summed E-state index contributed by atoms with van der Waals surface area (Å²) >= 11 is 10.6. The Morgan fingerprint density at radius 1 is 1.45 bits per heavy atom. The van der Waals surface area contributed by atoms with E-state index in [9.17, 15) is 4.79 Å². The van der Waals surface area contributed by atoms with Crippen molar-refractivity contribution in [1.82, 2.24) is 0 Å². The van der Waals surface area contributed by atoms with Gasteiger partial charge in [-0.05, 0) is 29.8 Å². The largest absolute Gasteiger partial charge is 0.507 e. The molecule has 0 aliphatic carbocycles. The van der Waals surface area contributed by atoms with Crippen molar-refractivity contribution in [2.45, 2.75) is 0 Å². The van der Waals surface area contributed by atoms with Gasteiger partial charge in [-0.1, -0.05) is 11.6 Å². The number of hydrogen-bond acceptors (Lipinski definition) is 2. The van der Waals surface area contributed by atoms with Crippen LogP contribution < -0.4 is 0 Å². The zero-order valence-corrected chi connectivity index (χ0v) is 6.86. The van der Waals surface area contributed by atoms with Crippen LogP contribution >= 0.6 is 23.2 Å². The molecule has 0 aromatic heterocycles. The Hall–Kier alpha value is -0.730. The van der Waals surface area contributed by atoms with Crippen LogP contribution in [0.5, 0.6) is 5.75 Å². The van der Waals surface area contributed by atoms with Gasteiger partial charge in [0.25, 0.3) is 5.24 Å². The Morgan fingerprint density at radius 3 is 2.55 bits per heavy atom. The highest BCUT2D eigenvalue weighted by Gasteiger charge is 2.07. The minimum atomic E-state index is -0.695. The molecule has 0 bridgehead atoms. The van der Waals surface area contributed by atoms with E-state index in [1.165, 1.54) is 18.2 Å². The van der Waals surface area contributed by atoms with Crippen molar-refractivity contribution in [3.05, 3.63) is 28.8 Å². The molecule has 1 rings (SSSR count). The Morgan fingerprint density at radius 2 is 2.09 bits per heavy atom. The lowest BCUT2D eigenvalue weighted by atomic mass is 10.2. The van der Waals surface area contributed by atoms with Crippen LogP contribution in [0, 0.1) is 0 Å². The van der Waals surface area contributed by atoms with E-state index in [4.69, 9.17) is 28.3 Å². The van der Waals surface area contributed by atoms with Gasteiger partial charge in [0.1, 0.15) is 5.75 Å². The number of hydrogen-bond donors (Lipinski definition) is 1. The Kier molecular flexibility index (Phi) is 2.37. The topological polar surface area (TPSA) is 37.3 Å². The molecule has 0 atom stereocenters. The molecule has 0 amide bonds. The van der Waals surface area contributed by atoms with E-state index in [0.29, 0.717) is 5.02 Å². The molecule has 0 saturated heterocycles. The number of phenols is 1. The van der Waals surface area contributed by atoms with Crippen molar-refractivity contribution < 1.29 is 9.90 Å². The highest BCUT2D eigenvalue weighted by atomic mass is 35.5. The van der Waals surface area contributed by atoms with Crippen LogP contribution in [0.25, 0.3) is 0 Å². The van der Waals surface area contributed by atoms with Crippen LogP contribution in [0.2, 0.25) is 5.02 Å². The maximum absolute atomic E-state index is 10.5. The lowest BCUT2D eigenvalue weighted by molar-refractivity contribution is 0.107. The molecule has 0 aliphatic heterocycles. The lowest BCUT2D eigenvalue weighted by Crippen LogP contribution is -1.88. The third-order valence-corrected chi connectivity index (χ3v) is 1.61. The van der Waals surface area contributed by atoms with Gasteiger partial charge >= 0.3 is 0 Å². The highest BCUT2D eigenvalue weighted by molar-refractivity contribution is 6.68. The molecule has 1 N–H and O–H groups in total. The maximum atomic E-state index is 10.5. The zero-order valence-electron chi connectivity index (χ0n) is 5.34. The average Bonchev–Trinajstić information content (AvgIpc) is 1.85. The third kappa shape index (κ3) is 1.85. The second kappa shape index (κ2) is 3.11. The van der Waals surface area contributed by atoms with Gasteiger partial charge in [0.05, 0.1) is 5.56 Å². The molecular formula is C7H4Cl2O2. The Labute approximate surface area is 73.4 Å². The minimum Gasteiger partial charge on any atom is -0.507 e. The number of benzene rings is 1. The summed E-state index contributed by atoms with van der Waals surface area (Å²) in [5.41, 5.74) is 0.0658. The van der Waals surface area contributed by atoms with Gasteiger partial charge in [-0.3, -0.25) is 4.79 Å². The summed E-state index contributed by atoms with van der Waals surface area (Å²) in [6.45, 7) is 0. The highest BCUT2D eigenvalue weighted by Crippen LogP contribution is 2.22. The smallest absolute Gasteiger partial charge is 0.256 e. The number of aromatic hydroxyl groups is 1. The van der Waals surface area contributed by atoms with Gasteiger partial charge in [-0.25, -0.2) is 0 Å². The van der Waals surface area contributed by atoms with Crippen LogP contribution in [0.3, 0.4) is 0 Å². The molecule has 1 aromatic carbocycles. The van der Waals surface area contributed by atoms with Crippen LogP contribution in [-0.2, 0) is 0 Å². The summed E-state index contributed by atoms with van der Waals surface area (Å²) in [5.74, 6) is -0.197. The van der Waals surface area contributed by atoms with Gasteiger partial charge in [0.15, 0.2) is 0 Å². The normalized spacial score (nSPS) is 9.64. The number of halogens is 2. The molecule has 0 radical (unpaired) electrons. The van der Waals surface area contributed by atoms with Gasteiger partial charge in [0, 0.05) is 5.02 Å². The molecule has 2 nitrogen and oxygen atoms in total. The van der Waals surface area contributed by atoms with Gasteiger partial charge in [0.2, 0.25) is 0 Å². The van der Waals surface area contributed by atoms with E-state index in [0.717, 1.165) is 0 Å². The summed E-state index contributed by atoms with van der Waals surface area (Å²) < 4.78 is 0.